The second kappa shape index (κ2) is 7.51. The van der Waals surface area contributed by atoms with Crippen molar-refractivity contribution in [2.75, 3.05) is 44.5 Å². The van der Waals surface area contributed by atoms with Gasteiger partial charge in [-0.2, -0.15) is 0 Å². The predicted octanol–water partition coefficient (Wildman–Crippen LogP) is -0.596. The van der Waals surface area contributed by atoms with Crippen LogP contribution in [0.5, 0.6) is 0 Å². The van der Waals surface area contributed by atoms with Crippen LogP contribution in [0.25, 0.3) is 0 Å². The van der Waals surface area contributed by atoms with E-state index in [1.165, 1.54) is 16.7 Å². The number of nitrogens with one attached hydrogen (secondary N) is 1. The number of nitrogens with zero attached hydrogens (tertiary/aromatic N) is 2. The first-order valence-corrected chi connectivity index (χ1v) is 7.95. The Balaban J connectivity index is 1.71. The molecule has 1 unspecified atom stereocenters. The molecule has 2 N–H and O–H groups in total. The van der Waals surface area contributed by atoms with Gasteiger partial charge in [0.25, 0.3) is 0 Å². The maximum Gasteiger partial charge on any atom is 0.327 e. The van der Waals surface area contributed by atoms with Crippen molar-refractivity contribution in [3.63, 3.8) is 0 Å². The topological polar surface area (TPSA) is 99.2 Å². The summed E-state index contributed by atoms with van der Waals surface area (Å²) in [6.45, 7) is 2.46. The van der Waals surface area contributed by atoms with Gasteiger partial charge in [0.05, 0.1) is 19.1 Å². The first-order valence-electron chi connectivity index (χ1n) is 6.80. The summed E-state index contributed by atoms with van der Waals surface area (Å²) in [6, 6.07) is -1.22. The lowest BCUT2D eigenvalue weighted by molar-refractivity contribution is -0.141. The molecule has 0 saturated carbocycles. The van der Waals surface area contributed by atoms with Crippen LogP contribution in [0.3, 0.4) is 0 Å². The number of hydrogen-bond donors (Lipinski definition) is 2. The Labute approximate surface area is 126 Å². The Hall–Kier alpha value is -1.48. The number of carbonyl (C=O) groups excluding carboxylic acids is 2. The van der Waals surface area contributed by atoms with Crippen LogP contribution in [0.4, 0.5) is 4.79 Å². The van der Waals surface area contributed by atoms with Gasteiger partial charge in [-0.05, 0) is 0 Å². The molecule has 0 aromatic rings. The van der Waals surface area contributed by atoms with Gasteiger partial charge >= 0.3 is 12.0 Å². The minimum Gasteiger partial charge on any atom is -0.480 e. The third kappa shape index (κ3) is 4.24. The first kappa shape index (κ1) is 15.9. The number of urea groups is 1. The van der Waals surface area contributed by atoms with Gasteiger partial charge in [-0.15, -0.1) is 11.8 Å². The van der Waals surface area contributed by atoms with Crippen molar-refractivity contribution in [3.05, 3.63) is 0 Å². The van der Waals surface area contributed by atoms with Crippen molar-refractivity contribution in [3.8, 4) is 0 Å². The Bertz CT molecular complexity index is 414. The van der Waals surface area contributed by atoms with Gasteiger partial charge in [-0.3, -0.25) is 4.79 Å². The number of morpholine rings is 1. The van der Waals surface area contributed by atoms with Crippen molar-refractivity contribution in [1.29, 1.82) is 0 Å². The largest absolute Gasteiger partial charge is 0.480 e. The third-order valence-corrected chi connectivity index (χ3v) is 4.42. The van der Waals surface area contributed by atoms with E-state index in [1.54, 1.807) is 4.90 Å². The molecule has 0 bridgehead atoms. The lowest BCUT2D eigenvalue weighted by Gasteiger charge is -2.27. The zero-order valence-corrected chi connectivity index (χ0v) is 12.4. The molecule has 0 aliphatic carbocycles. The van der Waals surface area contributed by atoms with Gasteiger partial charge in [-0.1, -0.05) is 0 Å². The van der Waals surface area contributed by atoms with E-state index < -0.39 is 18.0 Å². The quantitative estimate of drug-likeness (QED) is 0.719. The Morgan fingerprint density at radius 1 is 1.29 bits per heavy atom. The highest BCUT2D eigenvalue weighted by atomic mass is 32.2. The van der Waals surface area contributed by atoms with Crippen molar-refractivity contribution in [2.24, 2.45) is 0 Å². The molecular formula is C12H19N3O5S. The van der Waals surface area contributed by atoms with E-state index in [2.05, 4.69) is 5.32 Å². The van der Waals surface area contributed by atoms with E-state index >= 15 is 0 Å². The Morgan fingerprint density at radius 3 is 2.67 bits per heavy atom. The van der Waals surface area contributed by atoms with Gasteiger partial charge in [0, 0.05) is 31.8 Å². The lowest BCUT2D eigenvalue weighted by atomic mass is 10.3. The maximum absolute atomic E-state index is 11.9. The fourth-order valence-corrected chi connectivity index (χ4v) is 3.34. The minimum atomic E-state index is -1.00. The molecule has 0 aromatic heterocycles. The molecule has 0 aromatic carbocycles. The van der Waals surface area contributed by atoms with E-state index in [0.29, 0.717) is 37.9 Å². The molecule has 0 radical (unpaired) electrons. The van der Waals surface area contributed by atoms with Gasteiger partial charge < -0.3 is 25.0 Å². The highest BCUT2D eigenvalue weighted by Crippen LogP contribution is 2.20. The molecule has 9 heteroatoms. The summed E-state index contributed by atoms with van der Waals surface area (Å²) in [5.74, 6) is -0.265. The number of carboxylic acids is 1. The molecule has 2 heterocycles. The number of thioether (sulfide) groups is 1. The van der Waals surface area contributed by atoms with Crippen LogP contribution in [-0.2, 0) is 14.3 Å². The number of carboxylic acid groups (broad SMARTS) is 1. The number of rotatable bonds is 4. The summed E-state index contributed by atoms with van der Waals surface area (Å²) in [5.41, 5.74) is 0. The highest BCUT2D eigenvalue weighted by molar-refractivity contribution is 7.99. The van der Waals surface area contributed by atoms with Crippen molar-refractivity contribution < 1.29 is 24.2 Å². The molecule has 2 rings (SSSR count). The van der Waals surface area contributed by atoms with E-state index in [-0.39, 0.29) is 18.9 Å². The van der Waals surface area contributed by atoms with Crippen molar-refractivity contribution in [1.82, 2.24) is 15.1 Å². The summed E-state index contributed by atoms with van der Waals surface area (Å²) in [7, 11) is 0. The van der Waals surface area contributed by atoms with Crippen LogP contribution < -0.4 is 5.32 Å². The number of aliphatic carboxylic acids is 1. The fourth-order valence-electron chi connectivity index (χ4n) is 2.20. The molecule has 3 amide bonds. The van der Waals surface area contributed by atoms with Gasteiger partial charge in [0.1, 0.15) is 6.04 Å². The fraction of sp³-hybridized carbons (Fsp3) is 0.750. The molecule has 2 fully saturated rings. The molecular weight excluding hydrogens is 298 g/mol. The molecule has 118 valence electrons. The van der Waals surface area contributed by atoms with Crippen LogP contribution in [0.1, 0.15) is 6.42 Å². The molecule has 2 saturated heterocycles. The van der Waals surface area contributed by atoms with Gasteiger partial charge in [0.15, 0.2) is 0 Å². The summed E-state index contributed by atoms with van der Waals surface area (Å²) >= 11 is 1.40. The number of ether oxygens (including phenoxy) is 1. The smallest absolute Gasteiger partial charge is 0.327 e. The molecule has 2 aliphatic heterocycles. The Morgan fingerprint density at radius 2 is 2.00 bits per heavy atom. The molecule has 0 spiro atoms. The predicted molar refractivity (Wildman–Crippen MR) is 76.0 cm³/mol. The van der Waals surface area contributed by atoms with E-state index in [0.717, 1.165) is 0 Å². The standard InChI is InChI=1S/C12H19N3O5S/c16-10(14-3-5-20-6-4-14)1-2-13-12(19)15-8-21-7-9(15)11(17)18/h9H,1-8H2,(H,13,19)(H,17,18). The monoisotopic (exact) mass is 317 g/mol. The second-order valence-electron chi connectivity index (χ2n) is 4.80. The summed E-state index contributed by atoms with van der Waals surface area (Å²) < 4.78 is 5.17. The van der Waals surface area contributed by atoms with E-state index in [4.69, 9.17) is 9.84 Å². The number of hydrogen-bond acceptors (Lipinski definition) is 5. The highest BCUT2D eigenvalue weighted by Gasteiger charge is 2.34. The minimum absolute atomic E-state index is 0.0239. The zero-order valence-electron chi connectivity index (χ0n) is 11.6. The van der Waals surface area contributed by atoms with Crippen LogP contribution in [-0.4, -0.2) is 83.3 Å². The average Bonchev–Trinajstić information content (AvgIpc) is 2.97. The summed E-state index contributed by atoms with van der Waals surface area (Å²) in [4.78, 5) is 37.8. The SMILES string of the molecule is O=C(O)C1CSCN1C(=O)NCCC(=O)N1CCOCC1. The summed E-state index contributed by atoms with van der Waals surface area (Å²) in [5, 5.41) is 11.6. The van der Waals surface area contributed by atoms with Crippen LogP contribution in [0, 0.1) is 0 Å². The van der Waals surface area contributed by atoms with Crippen molar-refractivity contribution in [2.45, 2.75) is 12.5 Å². The van der Waals surface area contributed by atoms with Crippen LogP contribution in [0.15, 0.2) is 0 Å². The van der Waals surface area contributed by atoms with Gasteiger partial charge in [-0.25, -0.2) is 9.59 Å². The normalized spacial score (nSPS) is 22.2. The number of amides is 3. The third-order valence-electron chi connectivity index (χ3n) is 3.41. The summed E-state index contributed by atoms with van der Waals surface area (Å²) in [6.07, 6.45) is 0.213. The second-order valence-corrected chi connectivity index (χ2v) is 5.80. The molecule has 2 aliphatic rings. The lowest BCUT2D eigenvalue weighted by Crippen LogP contribution is -2.48. The number of carbonyl (C=O) groups is 3. The van der Waals surface area contributed by atoms with Gasteiger partial charge in [0.2, 0.25) is 5.91 Å². The van der Waals surface area contributed by atoms with Crippen molar-refractivity contribution >= 4 is 29.7 Å². The van der Waals surface area contributed by atoms with E-state index in [1.807, 2.05) is 0 Å². The maximum atomic E-state index is 11.9. The Kier molecular flexibility index (Phi) is 5.68. The van der Waals surface area contributed by atoms with Crippen LogP contribution >= 0.6 is 11.8 Å². The van der Waals surface area contributed by atoms with Crippen LogP contribution in [0.2, 0.25) is 0 Å². The zero-order chi connectivity index (χ0) is 15.2. The molecule has 8 nitrogen and oxygen atoms in total. The average molecular weight is 317 g/mol. The molecule has 1 atom stereocenters. The molecule has 21 heavy (non-hydrogen) atoms. The first-order chi connectivity index (χ1) is 10.1. The van der Waals surface area contributed by atoms with E-state index in [9.17, 15) is 14.4 Å².